The maximum atomic E-state index is 11.9. The van der Waals surface area contributed by atoms with Crippen molar-refractivity contribution in [2.45, 2.75) is 32.2 Å². The molecule has 108 valence electrons. The van der Waals surface area contributed by atoms with Crippen molar-refractivity contribution < 1.29 is 24.2 Å². The van der Waals surface area contributed by atoms with E-state index in [-0.39, 0.29) is 18.9 Å². The maximum absolute atomic E-state index is 11.9. The fourth-order valence-corrected chi connectivity index (χ4v) is 2.13. The summed E-state index contributed by atoms with van der Waals surface area (Å²) in [6.07, 6.45) is 1.37. The summed E-state index contributed by atoms with van der Waals surface area (Å²) in [6, 6.07) is -1.28. The van der Waals surface area contributed by atoms with Crippen LogP contribution in [0.15, 0.2) is 0 Å². The average Bonchev–Trinajstić information content (AvgIpc) is 2.83. The standard InChI is InChI=1S/C12H20N2O5/c1-2-19-12(18)10(13)11(17)14-6-5-8(7-14)3-4-9(15)16/h8,10H,2-7,13H2,1H3,(H,15,16). The molecule has 0 saturated carbocycles. The van der Waals surface area contributed by atoms with Gasteiger partial charge >= 0.3 is 11.9 Å². The lowest BCUT2D eigenvalue weighted by Crippen LogP contribution is -2.48. The summed E-state index contributed by atoms with van der Waals surface area (Å²) in [6.45, 7) is 2.80. The van der Waals surface area contributed by atoms with Crippen molar-refractivity contribution in [2.24, 2.45) is 11.7 Å². The van der Waals surface area contributed by atoms with Crippen molar-refractivity contribution in [1.82, 2.24) is 4.90 Å². The third kappa shape index (κ3) is 4.51. The number of carbonyl (C=O) groups is 3. The molecule has 1 heterocycles. The normalized spacial score (nSPS) is 20.1. The lowest BCUT2D eigenvalue weighted by Gasteiger charge is -2.19. The maximum Gasteiger partial charge on any atom is 0.332 e. The number of ether oxygens (including phenoxy) is 1. The molecular formula is C12H20N2O5. The van der Waals surface area contributed by atoms with Gasteiger partial charge in [0.25, 0.3) is 5.91 Å². The van der Waals surface area contributed by atoms with Gasteiger partial charge in [-0.25, -0.2) is 4.79 Å². The molecule has 1 amide bonds. The van der Waals surface area contributed by atoms with Gasteiger partial charge in [0, 0.05) is 19.5 Å². The molecule has 19 heavy (non-hydrogen) atoms. The van der Waals surface area contributed by atoms with Crippen molar-refractivity contribution in [1.29, 1.82) is 0 Å². The molecular weight excluding hydrogens is 252 g/mol. The second-order valence-corrected chi connectivity index (χ2v) is 4.60. The highest BCUT2D eigenvalue weighted by atomic mass is 16.5. The van der Waals surface area contributed by atoms with E-state index in [1.807, 2.05) is 0 Å². The molecule has 0 aromatic heterocycles. The van der Waals surface area contributed by atoms with Gasteiger partial charge in [-0.2, -0.15) is 0 Å². The Labute approximate surface area is 111 Å². The van der Waals surface area contributed by atoms with Gasteiger partial charge in [0.15, 0.2) is 6.04 Å². The topological polar surface area (TPSA) is 110 Å². The Hall–Kier alpha value is -1.63. The summed E-state index contributed by atoms with van der Waals surface area (Å²) in [5, 5.41) is 8.61. The van der Waals surface area contributed by atoms with E-state index in [4.69, 9.17) is 15.6 Å². The summed E-state index contributed by atoms with van der Waals surface area (Å²) in [5.41, 5.74) is 5.53. The lowest BCUT2D eigenvalue weighted by atomic mass is 10.0. The predicted octanol–water partition coefficient (Wildman–Crippen LogP) is -0.410. The number of amides is 1. The third-order valence-corrected chi connectivity index (χ3v) is 3.17. The molecule has 1 fully saturated rings. The first-order valence-electron chi connectivity index (χ1n) is 6.38. The zero-order valence-corrected chi connectivity index (χ0v) is 11.0. The number of nitrogens with zero attached hydrogens (tertiary/aromatic N) is 1. The van der Waals surface area contributed by atoms with Gasteiger partial charge in [-0.1, -0.05) is 0 Å². The number of carbonyl (C=O) groups excluding carboxylic acids is 2. The number of aliphatic carboxylic acids is 1. The predicted molar refractivity (Wildman–Crippen MR) is 66.2 cm³/mol. The van der Waals surface area contributed by atoms with Crippen LogP contribution in [0.4, 0.5) is 0 Å². The van der Waals surface area contributed by atoms with Gasteiger partial charge in [0.1, 0.15) is 0 Å². The van der Waals surface area contributed by atoms with Crippen LogP contribution in [0.25, 0.3) is 0 Å². The first-order valence-corrected chi connectivity index (χ1v) is 6.38. The van der Waals surface area contributed by atoms with Crippen LogP contribution in [0.5, 0.6) is 0 Å². The van der Waals surface area contributed by atoms with E-state index in [1.165, 1.54) is 4.90 Å². The van der Waals surface area contributed by atoms with Gasteiger partial charge in [-0.3, -0.25) is 9.59 Å². The summed E-state index contributed by atoms with van der Waals surface area (Å²) in [5.74, 6) is -1.85. The summed E-state index contributed by atoms with van der Waals surface area (Å²) < 4.78 is 4.70. The number of hydrogen-bond acceptors (Lipinski definition) is 5. The van der Waals surface area contributed by atoms with Crippen LogP contribution in [-0.4, -0.2) is 53.6 Å². The highest BCUT2D eigenvalue weighted by molar-refractivity contribution is 6.01. The van der Waals surface area contributed by atoms with Crippen LogP contribution in [0.2, 0.25) is 0 Å². The van der Waals surface area contributed by atoms with Gasteiger partial charge in [0.05, 0.1) is 6.61 Å². The van der Waals surface area contributed by atoms with Gasteiger partial charge in [-0.15, -0.1) is 0 Å². The molecule has 2 unspecified atom stereocenters. The number of carboxylic acids is 1. The molecule has 1 aliphatic rings. The molecule has 0 spiro atoms. The van der Waals surface area contributed by atoms with E-state index in [1.54, 1.807) is 6.92 Å². The van der Waals surface area contributed by atoms with E-state index in [0.717, 1.165) is 6.42 Å². The smallest absolute Gasteiger partial charge is 0.332 e. The van der Waals surface area contributed by atoms with Crippen molar-refractivity contribution in [3.63, 3.8) is 0 Å². The molecule has 2 atom stereocenters. The molecule has 1 aliphatic heterocycles. The Balaban J connectivity index is 2.43. The molecule has 0 aliphatic carbocycles. The van der Waals surface area contributed by atoms with Crippen LogP contribution < -0.4 is 5.73 Å². The third-order valence-electron chi connectivity index (χ3n) is 3.17. The van der Waals surface area contributed by atoms with Crippen LogP contribution in [0.3, 0.4) is 0 Å². The molecule has 0 radical (unpaired) electrons. The van der Waals surface area contributed by atoms with Crippen molar-refractivity contribution in [3.8, 4) is 0 Å². The number of carboxylic acid groups (broad SMARTS) is 1. The zero-order chi connectivity index (χ0) is 14.4. The van der Waals surface area contributed by atoms with E-state index in [9.17, 15) is 14.4 Å². The van der Waals surface area contributed by atoms with Crippen molar-refractivity contribution >= 4 is 17.8 Å². The Bertz CT molecular complexity index is 358. The highest BCUT2D eigenvalue weighted by Crippen LogP contribution is 2.21. The molecule has 0 bridgehead atoms. The van der Waals surface area contributed by atoms with Crippen LogP contribution in [0.1, 0.15) is 26.2 Å². The lowest BCUT2D eigenvalue weighted by molar-refractivity contribution is -0.150. The highest BCUT2D eigenvalue weighted by Gasteiger charge is 2.33. The molecule has 1 rings (SSSR count). The molecule has 7 nitrogen and oxygen atoms in total. The second kappa shape index (κ2) is 7.08. The second-order valence-electron chi connectivity index (χ2n) is 4.60. The summed E-state index contributed by atoms with van der Waals surface area (Å²) >= 11 is 0. The molecule has 0 aromatic carbocycles. The Kier molecular flexibility index (Phi) is 5.75. The summed E-state index contributed by atoms with van der Waals surface area (Å²) in [4.78, 5) is 35.3. The van der Waals surface area contributed by atoms with Crippen molar-refractivity contribution in [2.75, 3.05) is 19.7 Å². The SMILES string of the molecule is CCOC(=O)C(N)C(=O)N1CCC(CCC(=O)O)C1. The quantitative estimate of drug-likeness (QED) is 0.502. The Morgan fingerprint density at radius 2 is 2.16 bits per heavy atom. The number of rotatable bonds is 6. The first kappa shape index (κ1) is 15.4. The molecule has 3 N–H and O–H groups in total. The number of likely N-dealkylation sites (tertiary alicyclic amines) is 1. The number of nitrogens with two attached hydrogens (primary N) is 1. The van der Waals surface area contributed by atoms with Gasteiger partial charge in [-0.05, 0) is 25.7 Å². The molecule has 7 heteroatoms. The number of hydrogen-bond donors (Lipinski definition) is 2. The monoisotopic (exact) mass is 272 g/mol. The minimum absolute atomic E-state index is 0.0939. The van der Waals surface area contributed by atoms with E-state index < -0.39 is 23.9 Å². The largest absolute Gasteiger partial charge is 0.481 e. The van der Waals surface area contributed by atoms with E-state index in [0.29, 0.717) is 19.5 Å². The Morgan fingerprint density at radius 1 is 1.47 bits per heavy atom. The van der Waals surface area contributed by atoms with E-state index >= 15 is 0 Å². The van der Waals surface area contributed by atoms with Crippen molar-refractivity contribution in [3.05, 3.63) is 0 Å². The minimum Gasteiger partial charge on any atom is -0.481 e. The fraction of sp³-hybridized carbons (Fsp3) is 0.750. The van der Waals surface area contributed by atoms with Gasteiger partial charge in [0.2, 0.25) is 0 Å². The van der Waals surface area contributed by atoms with E-state index in [2.05, 4.69) is 0 Å². The Morgan fingerprint density at radius 3 is 2.74 bits per heavy atom. The van der Waals surface area contributed by atoms with Crippen LogP contribution in [-0.2, 0) is 19.1 Å². The van der Waals surface area contributed by atoms with Crippen LogP contribution >= 0.6 is 0 Å². The minimum atomic E-state index is -1.28. The molecule has 1 saturated heterocycles. The average molecular weight is 272 g/mol. The fourth-order valence-electron chi connectivity index (χ4n) is 2.13. The first-order chi connectivity index (χ1) is 8.95. The summed E-state index contributed by atoms with van der Waals surface area (Å²) in [7, 11) is 0. The number of esters is 1. The molecule has 0 aromatic rings. The van der Waals surface area contributed by atoms with Crippen LogP contribution in [0, 0.1) is 5.92 Å². The zero-order valence-electron chi connectivity index (χ0n) is 11.0. The van der Waals surface area contributed by atoms with Gasteiger partial charge < -0.3 is 20.5 Å².